The van der Waals surface area contributed by atoms with Gasteiger partial charge in [-0.2, -0.15) is 0 Å². The Kier molecular flexibility index (Phi) is 3.33. The largest absolute Gasteiger partial charge is 0.481 e. The van der Waals surface area contributed by atoms with Crippen LogP contribution in [0.2, 0.25) is 0 Å². The van der Waals surface area contributed by atoms with Crippen LogP contribution in [0.3, 0.4) is 0 Å². The minimum Gasteiger partial charge on any atom is -0.481 e. The normalized spacial score (nSPS) is 36.4. The number of carbonyl (C=O) groups is 2. The number of urea groups is 1. The molecule has 4 fully saturated rings. The number of nitrogens with zero attached hydrogens (tertiary/aromatic N) is 1. The van der Waals surface area contributed by atoms with Crippen LogP contribution < -0.4 is 5.32 Å². The number of carboxylic acids is 1. The van der Waals surface area contributed by atoms with Crippen LogP contribution in [0.4, 0.5) is 4.79 Å². The molecule has 0 radical (unpaired) electrons. The molecule has 1 spiro atoms. The number of ether oxygens (including phenoxy) is 1. The molecule has 0 aromatic rings. The number of rotatable bonds is 2. The molecule has 2 aliphatic heterocycles. The van der Waals surface area contributed by atoms with Gasteiger partial charge in [0.2, 0.25) is 0 Å². The summed E-state index contributed by atoms with van der Waals surface area (Å²) in [6.07, 6.45) is 6.12. The number of aliphatic carboxylic acids is 1. The molecular weight excluding hydrogens is 284 g/mol. The second kappa shape index (κ2) is 5.11. The fraction of sp³-hybridized carbons (Fsp3) is 0.875. The van der Waals surface area contributed by atoms with Gasteiger partial charge in [-0.1, -0.05) is 6.42 Å². The Labute approximate surface area is 130 Å². The lowest BCUT2D eigenvalue weighted by Gasteiger charge is -2.63. The monoisotopic (exact) mass is 308 g/mol. The number of hydrogen-bond acceptors (Lipinski definition) is 3. The van der Waals surface area contributed by atoms with Crippen molar-refractivity contribution < 1.29 is 19.4 Å². The number of likely N-dealkylation sites (tertiary alicyclic amines) is 1. The first-order valence-electron chi connectivity index (χ1n) is 8.52. The standard InChI is InChI=1S/C16H24N2O4/c19-14(20)10-2-7-18(8-3-10)15(21)17-12-11-4-9-22-13(11)16(12)5-1-6-16/h10-13H,1-9H2,(H,17,21)(H,19,20). The van der Waals surface area contributed by atoms with E-state index >= 15 is 0 Å². The van der Waals surface area contributed by atoms with E-state index < -0.39 is 5.97 Å². The molecule has 2 heterocycles. The molecule has 22 heavy (non-hydrogen) atoms. The molecule has 4 aliphatic rings. The van der Waals surface area contributed by atoms with Crippen molar-refractivity contribution in [2.75, 3.05) is 19.7 Å². The van der Waals surface area contributed by atoms with Gasteiger partial charge >= 0.3 is 12.0 Å². The van der Waals surface area contributed by atoms with Crippen molar-refractivity contribution in [1.29, 1.82) is 0 Å². The summed E-state index contributed by atoms with van der Waals surface area (Å²) in [6.45, 7) is 1.92. The van der Waals surface area contributed by atoms with Gasteiger partial charge in [0.25, 0.3) is 0 Å². The molecule has 0 aromatic heterocycles. The van der Waals surface area contributed by atoms with Crippen LogP contribution in [0.5, 0.6) is 0 Å². The topological polar surface area (TPSA) is 78.9 Å². The number of carboxylic acid groups (broad SMARTS) is 1. The first-order valence-corrected chi connectivity index (χ1v) is 8.52. The van der Waals surface area contributed by atoms with Gasteiger partial charge in [-0.3, -0.25) is 4.79 Å². The summed E-state index contributed by atoms with van der Waals surface area (Å²) < 4.78 is 5.88. The second-order valence-corrected chi connectivity index (χ2v) is 7.36. The van der Waals surface area contributed by atoms with Crippen LogP contribution >= 0.6 is 0 Å². The summed E-state index contributed by atoms with van der Waals surface area (Å²) in [5.74, 6) is -0.544. The van der Waals surface area contributed by atoms with Gasteiger partial charge in [0.1, 0.15) is 0 Å². The highest BCUT2D eigenvalue weighted by molar-refractivity contribution is 5.76. The van der Waals surface area contributed by atoms with Crippen LogP contribution in [-0.2, 0) is 9.53 Å². The van der Waals surface area contributed by atoms with Gasteiger partial charge < -0.3 is 20.1 Å². The average Bonchev–Trinajstić information content (AvgIpc) is 2.88. The number of hydrogen-bond donors (Lipinski definition) is 2. The van der Waals surface area contributed by atoms with E-state index in [0.29, 0.717) is 38.0 Å². The lowest BCUT2D eigenvalue weighted by Crippen LogP contribution is -2.72. The number of amides is 2. The molecule has 3 unspecified atom stereocenters. The molecule has 2 saturated carbocycles. The zero-order chi connectivity index (χ0) is 15.3. The van der Waals surface area contributed by atoms with Gasteiger partial charge in [0.15, 0.2) is 0 Å². The van der Waals surface area contributed by atoms with Crippen LogP contribution in [0, 0.1) is 17.3 Å². The lowest BCUT2D eigenvalue weighted by atomic mass is 9.46. The molecule has 4 rings (SSSR count). The molecule has 6 nitrogen and oxygen atoms in total. The van der Waals surface area contributed by atoms with E-state index in [-0.39, 0.29) is 23.4 Å². The fourth-order valence-electron chi connectivity index (χ4n) is 5.01. The molecule has 2 N–H and O–H groups in total. The Hall–Kier alpha value is -1.30. The highest BCUT2D eigenvalue weighted by Gasteiger charge is 2.67. The van der Waals surface area contributed by atoms with E-state index in [2.05, 4.69) is 5.32 Å². The Morgan fingerprint density at radius 3 is 2.50 bits per heavy atom. The van der Waals surface area contributed by atoms with E-state index in [1.807, 2.05) is 0 Å². The predicted molar refractivity (Wildman–Crippen MR) is 78.4 cm³/mol. The van der Waals surface area contributed by atoms with Gasteiger partial charge in [0, 0.05) is 37.1 Å². The van der Waals surface area contributed by atoms with Crippen LogP contribution in [0.15, 0.2) is 0 Å². The minimum atomic E-state index is -0.738. The van der Waals surface area contributed by atoms with E-state index in [1.54, 1.807) is 4.90 Å². The Morgan fingerprint density at radius 1 is 1.18 bits per heavy atom. The fourth-order valence-corrected chi connectivity index (χ4v) is 5.01. The SMILES string of the molecule is O=C(O)C1CCN(C(=O)NC2C3CCOC3C23CCC3)CC1. The zero-order valence-electron chi connectivity index (χ0n) is 12.8. The van der Waals surface area contributed by atoms with Crippen molar-refractivity contribution in [2.45, 2.75) is 50.7 Å². The van der Waals surface area contributed by atoms with Gasteiger partial charge in [0.05, 0.1) is 12.0 Å². The maximum Gasteiger partial charge on any atom is 0.317 e. The molecule has 2 saturated heterocycles. The maximum atomic E-state index is 12.5. The molecular formula is C16H24N2O4. The average molecular weight is 308 g/mol. The van der Waals surface area contributed by atoms with Crippen molar-refractivity contribution in [2.24, 2.45) is 17.3 Å². The first kappa shape index (κ1) is 14.3. The third kappa shape index (κ3) is 1.96. The highest BCUT2D eigenvalue weighted by atomic mass is 16.5. The quantitative estimate of drug-likeness (QED) is 0.809. The maximum absolute atomic E-state index is 12.5. The molecule has 2 amide bonds. The molecule has 0 bridgehead atoms. The molecule has 3 atom stereocenters. The Morgan fingerprint density at radius 2 is 1.91 bits per heavy atom. The minimum absolute atomic E-state index is 0.00883. The summed E-state index contributed by atoms with van der Waals surface area (Å²) in [7, 11) is 0. The highest BCUT2D eigenvalue weighted by Crippen LogP contribution is 2.62. The van der Waals surface area contributed by atoms with Gasteiger partial charge in [-0.25, -0.2) is 4.79 Å². The smallest absolute Gasteiger partial charge is 0.317 e. The van der Waals surface area contributed by atoms with Crippen molar-refractivity contribution in [3.8, 4) is 0 Å². The van der Waals surface area contributed by atoms with Crippen LogP contribution in [0.25, 0.3) is 0 Å². The summed E-state index contributed by atoms with van der Waals surface area (Å²) >= 11 is 0. The summed E-state index contributed by atoms with van der Waals surface area (Å²) in [5.41, 5.74) is 0.205. The zero-order valence-corrected chi connectivity index (χ0v) is 12.8. The third-order valence-electron chi connectivity index (χ3n) is 6.45. The summed E-state index contributed by atoms with van der Waals surface area (Å²) in [6, 6.07) is 0.254. The number of carbonyl (C=O) groups excluding carboxylic acids is 1. The van der Waals surface area contributed by atoms with E-state index in [4.69, 9.17) is 9.84 Å². The van der Waals surface area contributed by atoms with Crippen molar-refractivity contribution in [3.05, 3.63) is 0 Å². The molecule has 0 aromatic carbocycles. The van der Waals surface area contributed by atoms with E-state index in [0.717, 1.165) is 13.0 Å². The van der Waals surface area contributed by atoms with Crippen molar-refractivity contribution in [3.63, 3.8) is 0 Å². The summed E-state index contributed by atoms with van der Waals surface area (Å²) in [5, 5.41) is 12.3. The number of fused-ring (bicyclic) bond motifs is 2. The molecule has 122 valence electrons. The predicted octanol–water partition coefficient (Wildman–Crippen LogP) is 1.45. The van der Waals surface area contributed by atoms with Gasteiger partial charge in [-0.15, -0.1) is 0 Å². The van der Waals surface area contributed by atoms with Gasteiger partial charge in [-0.05, 0) is 32.1 Å². The lowest BCUT2D eigenvalue weighted by molar-refractivity contribution is -0.172. The summed E-state index contributed by atoms with van der Waals surface area (Å²) in [4.78, 5) is 25.3. The Bertz CT molecular complexity index is 483. The van der Waals surface area contributed by atoms with Crippen molar-refractivity contribution in [1.82, 2.24) is 10.2 Å². The third-order valence-corrected chi connectivity index (χ3v) is 6.45. The van der Waals surface area contributed by atoms with Crippen LogP contribution in [0.1, 0.15) is 38.5 Å². The number of nitrogens with one attached hydrogen (secondary N) is 1. The van der Waals surface area contributed by atoms with Crippen molar-refractivity contribution >= 4 is 12.0 Å². The van der Waals surface area contributed by atoms with E-state index in [9.17, 15) is 9.59 Å². The van der Waals surface area contributed by atoms with E-state index in [1.165, 1.54) is 19.3 Å². The second-order valence-electron chi connectivity index (χ2n) is 7.36. The molecule has 2 aliphatic carbocycles. The first-order chi connectivity index (χ1) is 10.6. The Balaban J connectivity index is 1.35. The number of piperidine rings is 1. The molecule has 6 heteroatoms. The van der Waals surface area contributed by atoms with Crippen LogP contribution in [-0.4, -0.2) is 53.8 Å².